The molecule has 2 rings (SSSR count). The summed E-state index contributed by atoms with van der Waals surface area (Å²) in [6, 6.07) is 8.08. The highest BCUT2D eigenvalue weighted by atomic mass is 16.6. The third-order valence-corrected chi connectivity index (χ3v) is 3.65. The molecule has 3 unspecified atom stereocenters. The summed E-state index contributed by atoms with van der Waals surface area (Å²) in [5.74, 6) is 1.56. The molecule has 1 aromatic rings. The van der Waals surface area contributed by atoms with Gasteiger partial charge in [0, 0.05) is 19.6 Å². The molecular weight excluding hydrogens is 270 g/mol. The monoisotopic (exact) mass is 295 g/mol. The summed E-state index contributed by atoms with van der Waals surface area (Å²) in [7, 11) is 3.62. The van der Waals surface area contributed by atoms with Gasteiger partial charge < -0.3 is 24.3 Å². The molecule has 5 nitrogen and oxygen atoms in total. The molecular formula is C16H25NO4. The topological polar surface area (TPSA) is 49.0 Å². The van der Waals surface area contributed by atoms with Gasteiger partial charge in [-0.1, -0.05) is 12.1 Å². The standard InChI is InChI=1S/C16H25NO4/c1-4-19-13-7-5-6-8-14(13)21-15-11-12(17-2)16(15)20-10-9-18-3/h5-8,12,15-17H,4,9-11H2,1-3H3. The molecule has 5 heteroatoms. The third-order valence-electron chi connectivity index (χ3n) is 3.65. The first-order valence-electron chi connectivity index (χ1n) is 7.46. The van der Waals surface area contributed by atoms with E-state index >= 15 is 0 Å². The molecule has 0 saturated heterocycles. The first kappa shape index (κ1) is 16.1. The number of methoxy groups -OCH3 is 1. The van der Waals surface area contributed by atoms with Gasteiger partial charge in [-0.2, -0.15) is 0 Å². The minimum atomic E-state index is 0.0415. The molecule has 1 N–H and O–H groups in total. The lowest BCUT2D eigenvalue weighted by molar-refractivity contribution is -0.114. The van der Waals surface area contributed by atoms with Gasteiger partial charge >= 0.3 is 0 Å². The molecule has 0 amide bonds. The van der Waals surface area contributed by atoms with Crippen LogP contribution in [0.25, 0.3) is 0 Å². The number of hydrogen-bond acceptors (Lipinski definition) is 5. The van der Waals surface area contributed by atoms with Gasteiger partial charge in [-0.05, 0) is 26.1 Å². The van der Waals surface area contributed by atoms with Crippen LogP contribution in [0.4, 0.5) is 0 Å². The second kappa shape index (κ2) is 8.22. The van der Waals surface area contributed by atoms with Gasteiger partial charge in [-0.25, -0.2) is 0 Å². The lowest BCUT2D eigenvalue weighted by Gasteiger charge is -2.43. The maximum Gasteiger partial charge on any atom is 0.161 e. The van der Waals surface area contributed by atoms with Crippen LogP contribution in [-0.4, -0.2) is 52.2 Å². The maximum absolute atomic E-state index is 6.08. The normalized spacial score (nSPS) is 24.4. The van der Waals surface area contributed by atoms with E-state index in [9.17, 15) is 0 Å². The SMILES string of the molecule is CCOc1ccccc1OC1CC(NC)C1OCCOC. The van der Waals surface area contributed by atoms with Crippen LogP contribution in [0.2, 0.25) is 0 Å². The van der Waals surface area contributed by atoms with Crippen LogP contribution < -0.4 is 14.8 Å². The predicted molar refractivity (Wildman–Crippen MR) is 81.1 cm³/mol. The highest BCUT2D eigenvalue weighted by molar-refractivity contribution is 5.39. The zero-order chi connectivity index (χ0) is 15.1. The Labute approximate surface area is 126 Å². The minimum Gasteiger partial charge on any atom is -0.490 e. The summed E-state index contributed by atoms with van der Waals surface area (Å²) in [5, 5.41) is 3.26. The smallest absolute Gasteiger partial charge is 0.161 e. The Balaban J connectivity index is 1.95. The maximum atomic E-state index is 6.08. The summed E-state index contributed by atoms with van der Waals surface area (Å²) in [4.78, 5) is 0. The number of hydrogen-bond donors (Lipinski definition) is 1. The van der Waals surface area contributed by atoms with Crippen molar-refractivity contribution in [2.75, 3.05) is 34.0 Å². The first-order valence-corrected chi connectivity index (χ1v) is 7.46. The van der Waals surface area contributed by atoms with Gasteiger partial charge in [0.2, 0.25) is 0 Å². The Kier molecular flexibility index (Phi) is 6.29. The van der Waals surface area contributed by atoms with Crippen molar-refractivity contribution in [3.8, 4) is 11.5 Å². The van der Waals surface area contributed by atoms with E-state index in [1.165, 1.54) is 0 Å². The Morgan fingerprint density at radius 2 is 1.95 bits per heavy atom. The van der Waals surface area contributed by atoms with Crippen molar-refractivity contribution in [2.24, 2.45) is 0 Å². The van der Waals surface area contributed by atoms with Crippen molar-refractivity contribution in [2.45, 2.75) is 31.6 Å². The van der Waals surface area contributed by atoms with Crippen molar-refractivity contribution in [1.29, 1.82) is 0 Å². The molecule has 118 valence electrons. The zero-order valence-electron chi connectivity index (χ0n) is 13.0. The lowest BCUT2D eigenvalue weighted by atomic mass is 9.85. The van der Waals surface area contributed by atoms with Crippen LogP contribution in [0, 0.1) is 0 Å². The van der Waals surface area contributed by atoms with Gasteiger partial charge in [-0.15, -0.1) is 0 Å². The Bertz CT molecular complexity index is 426. The second-order valence-electron chi connectivity index (χ2n) is 5.00. The molecule has 0 radical (unpaired) electrons. The zero-order valence-corrected chi connectivity index (χ0v) is 13.0. The van der Waals surface area contributed by atoms with Crippen LogP contribution in [0.3, 0.4) is 0 Å². The molecule has 1 saturated carbocycles. The molecule has 0 spiro atoms. The number of para-hydroxylation sites is 2. The van der Waals surface area contributed by atoms with E-state index in [1.54, 1.807) is 7.11 Å². The van der Waals surface area contributed by atoms with E-state index in [0.29, 0.717) is 25.9 Å². The van der Waals surface area contributed by atoms with Gasteiger partial charge in [0.1, 0.15) is 12.2 Å². The van der Waals surface area contributed by atoms with E-state index in [1.807, 2.05) is 38.2 Å². The van der Waals surface area contributed by atoms with Gasteiger partial charge in [0.05, 0.1) is 19.8 Å². The Morgan fingerprint density at radius 1 is 1.19 bits per heavy atom. The number of ether oxygens (including phenoxy) is 4. The van der Waals surface area contributed by atoms with Gasteiger partial charge in [-0.3, -0.25) is 0 Å². The van der Waals surface area contributed by atoms with Crippen LogP contribution in [0.15, 0.2) is 24.3 Å². The van der Waals surface area contributed by atoms with Gasteiger partial charge in [0.15, 0.2) is 11.5 Å². The molecule has 0 bridgehead atoms. The molecule has 1 aliphatic rings. The highest BCUT2D eigenvalue weighted by Gasteiger charge is 2.43. The molecule has 3 atom stereocenters. The summed E-state index contributed by atoms with van der Waals surface area (Å²) < 4.78 is 22.6. The molecule has 1 aliphatic carbocycles. The lowest BCUT2D eigenvalue weighted by Crippen LogP contribution is -2.60. The van der Waals surface area contributed by atoms with Gasteiger partial charge in [0.25, 0.3) is 0 Å². The highest BCUT2D eigenvalue weighted by Crippen LogP contribution is 2.33. The summed E-state index contributed by atoms with van der Waals surface area (Å²) in [6.45, 7) is 3.76. The fourth-order valence-electron chi connectivity index (χ4n) is 2.46. The van der Waals surface area contributed by atoms with E-state index < -0.39 is 0 Å². The molecule has 0 aliphatic heterocycles. The summed E-state index contributed by atoms with van der Waals surface area (Å²) in [5.41, 5.74) is 0. The van der Waals surface area contributed by atoms with Crippen molar-refractivity contribution in [1.82, 2.24) is 5.32 Å². The van der Waals surface area contributed by atoms with Crippen molar-refractivity contribution in [3.63, 3.8) is 0 Å². The van der Waals surface area contributed by atoms with E-state index in [4.69, 9.17) is 18.9 Å². The molecule has 0 heterocycles. The molecule has 0 aromatic heterocycles. The Hall–Kier alpha value is -1.30. The number of benzene rings is 1. The second-order valence-corrected chi connectivity index (χ2v) is 5.00. The molecule has 21 heavy (non-hydrogen) atoms. The third kappa shape index (κ3) is 4.09. The van der Waals surface area contributed by atoms with Crippen LogP contribution in [-0.2, 0) is 9.47 Å². The fourth-order valence-corrected chi connectivity index (χ4v) is 2.46. The van der Waals surface area contributed by atoms with Crippen molar-refractivity contribution >= 4 is 0 Å². The minimum absolute atomic E-state index is 0.0415. The van der Waals surface area contributed by atoms with Crippen molar-refractivity contribution in [3.05, 3.63) is 24.3 Å². The molecule has 1 aromatic carbocycles. The first-order chi connectivity index (χ1) is 10.3. The number of nitrogens with one attached hydrogen (secondary N) is 1. The summed E-state index contributed by atoms with van der Waals surface area (Å²) in [6.07, 6.45) is 1.01. The van der Waals surface area contributed by atoms with Crippen LogP contribution >= 0.6 is 0 Å². The van der Waals surface area contributed by atoms with Crippen LogP contribution in [0.5, 0.6) is 11.5 Å². The average Bonchev–Trinajstić information content (AvgIpc) is 2.49. The molecule has 1 fully saturated rings. The van der Waals surface area contributed by atoms with E-state index in [2.05, 4.69) is 5.32 Å². The average molecular weight is 295 g/mol. The number of likely N-dealkylation sites (N-methyl/N-ethyl adjacent to an activating group) is 1. The van der Waals surface area contributed by atoms with E-state index in [-0.39, 0.29) is 12.2 Å². The number of rotatable bonds is 9. The fraction of sp³-hybridized carbons (Fsp3) is 0.625. The predicted octanol–water partition coefficient (Wildman–Crippen LogP) is 1.86. The van der Waals surface area contributed by atoms with Crippen molar-refractivity contribution < 1.29 is 18.9 Å². The quantitative estimate of drug-likeness (QED) is 0.705. The largest absolute Gasteiger partial charge is 0.490 e. The van der Waals surface area contributed by atoms with Crippen LogP contribution in [0.1, 0.15) is 13.3 Å². The van der Waals surface area contributed by atoms with E-state index in [0.717, 1.165) is 17.9 Å². The summed E-state index contributed by atoms with van der Waals surface area (Å²) >= 11 is 0. The Morgan fingerprint density at radius 3 is 2.62 bits per heavy atom.